The van der Waals surface area contributed by atoms with Gasteiger partial charge >= 0.3 is 0 Å². The minimum Gasteiger partial charge on any atom is -0.350 e. The fraction of sp³-hybridized carbons (Fsp3) is 0.182. The molecule has 0 aliphatic heterocycles. The third-order valence-electron chi connectivity index (χ3n) is 4.65. The number of sulfone groups is 1. The monoisotopic (exact) mass is 444 g/mol. The number of carbonyl (C=O) groups is 1. The highest BCUT2D eigenvalue weighted by Crippen LogP contribution is 2.21. The van der Waals surface area contributed by atoms with E-state index in [0.29, 0.717) is 16.3 Å². The van der Waals surface area contributed by atoms with E-state index < -0.39 is 21.3 Å². The molecule has 0 atom stereocenters. The van der Waals surface area contributed by atoms with Crippen molar-refractivity contribution in [2.24, 2.45) is 0 Å². The lowest BCUT2D eigenvalue weighted by Crippen LogP contribution is -2.35. The van der Waals surface area contributed by atoms with Gasteiger partial charge in [0.25, 0.3) is 5.56 Å². The Morgan fingerprint density at radius 3 is 2.40 bits per heavy atom. The maximum Gasteiger partial charge on any atom is 0.270 e. The average Bonchev–Trinajstić information content (AvgIpc) is 2.70. The Kier molecular flexibility index (Phi) is 6.43. The molecule has 3 aromatic rings. The quantitative estimate of drug-likeness (QED) is 0.632. The normalized spacial score (nSPS) is 11.3. The van der Waals surface area contributed by atoms with Crippen molar-refractivity contribution in [3.8, 4) is 0 Å². The van der Waals surface area contributed by atoms with Gasteiger partial charge in [-0.3, -0.25) is 9.59 Å². The molecule has 0 saturated carbocycles. The third kappa shape index (κ3) is 4.63. The maximum atomic E-state index is 13.1. The van der Waals surface area contributed by atoms with Crippen LogP contribution < -0.4 is 10.9 Å². The van der Waals surface area contributed by atoms with Crippen molar-refractivity contribution in [1.82, 2.24) is 9.88 Å². The summed E-state index contributed by atoms with van der Waals surface area (Å²) in [6.45, 7) is 3.20. The highest BCUT2D eigenvalue weighted by molar-refractivity contribution is 7.91. The van der Waals surface area contributed by atoms with E-state index in [1.165, 1.54) is 16.7 Å². The molecule has 0 bridgehead atoms. The number of benzene rings is 2. The standard InChI is InChI=1S/C22H21ClN2O4S/c1-15-11-16(2)25(14-20(26)24-13-17-7-6-8-18(23)12-17)22(27)21(15)30(28,29)19-9-4-3-5-10-19/h3-12H,13-14H2,1-2H3,(H,24,26). The largest absolute Gasteiger partial charge is 0.350 e. The maximum absolute atomic E-state index is 13.1. The van der Waals surface area contributed by atoms with Gasteiger partial charge in [0.15, 0.2) is 0 Å². The smallest absolute Gasteiger partial charge is 0.270 e. The van der Waals surface area contributed by atoms with Crippen LogP contribution in [0.3, 0.4) is 0 Å². The zero-order valence-electron chi connectivity index (χ0n) is 16.6. The van der Waals surface area contributed by atoms with Crippen LogP contribution in [0.1, 0.15) is 16.8 Å². The molecule has 0 aliphatic carbocycles. The summed E-state index contributed by atoms with van der Waals surface area (Å²) in [7, 11) is -4.02. The Hall–Kier alpha value is -2.90. The Labute approximate surface area is 180 Å². The first-order valence-corrected chi connectivity index (χ1v) is 11.1. The SMILES string of the molecule is Cc1cc(C)n(CC(=O)NCc2cccc(Cl)c2)c(=O)c1S(=O)(=O)c1ccccc1. The lowest BCUT2D eigenvalue weighted by molar-refractivity contribution is -0.121. The highest BCUT2D eigenvalue weighted by Gasteiger charge is 2.26. The number of nitrogens with one attached hydrogen (secondary N) is 1. The number of rotatable bonds is 6. The zero-order chi connectivity index (χ0) is 21.9. The summed E-state index contributed by atoms with van der Waals surface area (Å²) < 4.78 is 27.3. The number of hydrogen-bond acceptors (Lipinski definition) is 4. The van der Waals surface area contributed by atoms with Crippen molar-refractivity contribution >= 4 is 27.3 Å². The first kappa shape index (κ1) is 21.8. The summed E-state index contributed by atoms with van der Waals surface area (Å²) in [6, 6.07) is 16.4. The van der Waals surface area contributed by atoms with Crippen LogP contribution in [-0.2, 0) is 27.7 Å². The second-order valence-corrected chi connectivity index (χ2v) is 9.24. The van der Waals surface area contributed by atoms with E-state index in [4.69, 9.17) is 11.6 Å². The van der Waals surface area contributed by atoms with Crippen molar-refractivity contribution in [1.29, 1.82) is 0 Å². The van der Waals surface area contributed by atoms with E-state index in [9.17, 15) is 18.0 Å². The second-order valence-electron chi connectivity index (χ2n) is 6.91. The second kappa shape index (κ2) is 8.85. The van der Waals surface area contributed by atoms with Crippen LogP contribution in [0.5, 0.6) is 0 Å². The number of halogens is 1. The average molecular weight is 445 g/mol. The van der Waals surface area contributed by atoms with E-state index in [0.717, 1.165) is 5.56 Å². The van der Waals surface area contributed by atoms with Crippen molar-refractivity contribution in [3.05, 3.63) is 92.9 Å². The van der Waals surface area contributed by atoms with Gasteiger partial charge in [-0.25, -0.2) is 8.42 Å². The van der Waals surface area contributed by atoms with Gasteiger partial charge < -0.3 is 9.88 Å². The predicted octanol–water partition coefficient (Wildman–Crippen LogP) is 3.27. The predicted molar refractivity (Wildman–Crippen MR) is 115 cm³/mol. The summed E-state index contributed by atoms with van der Waals surface area (Å²) in [4.78, 5) is 25.2. The van der Waals surface area contributed by atoms with Gasteiger partial charge in [0.1, 0.15) is 11.4 Å². The van der Waals surface area contributed by atoms with Gasteiger partial charge in [-0.05, 0) is 55.3 Å². The molecule has 1 heterocycles. The molecular weight excluding hydrogens is 424 g/mol. The third-order valence-corrected chi connectivity index (χ3v) is 6.81. The molecule has 30 heavy (non-hydrogen) atoms. The van der Waals surface area contributed by atoms with Crippen LogP contribution in [0.2, 0.25) is 5.02 Å². The first-order valence-electron chi connectivity index (χ1n) is 9.22. The molecule has 0 spiro atoms. The van der Waals surface area contributed by atoms with Crippen molar-refractivity contribution in [2.75, 3.05) is 0 Å². The molecule has 156 valence electrons. The van der Waals surface area contributed by atoms with Crippen molar-refractivity contribution < 1.29 is 13.2 Å². The fourth-order valence-corrected chi connectivity index (χ4v) is 4.98. The summed E-state index contributed by atoms with van der Waals surface area (Å²) >= 11 is 5.94. The van der Waals surface area contributed by atoms with Gasteiger partial charge in [0.05, 0.1) is 4.90 Å². The van der Waals surface area contributed by atoms with E-state index in [1.54, 1.807) is 56.3 Å². The summed E-state index contributed by atoms with van der Waals surface area (Å²) in [5.41, 5.74) is 0.949. The van der Waals surface area contributed by atoms with Crippen LogP contribution in [-0.4, -0.2) is 18.9 Å². The molecule has 1 amide bonds. The minimum atomic E-state index is -4.02. The molecule has 0 fully saturated rings. The van der Waals surface area contributed by atoms with E-state index >= 15 is 0 Å². The number of amides is 1. The number of carbonyl (C=O) groups excluding carboxylic acids is 1. The Balaban J connectivity index is 1.90. The van der Waals surface area contributed by atoms with Gasteiger partial charge in [0, 0.05) is 17.3 Å². The molecule has 3 rings (SSSR count). The first-order chi connectivity index (χ1) is 14.2. The number of pyridine rings is 1. The van der Waals surface area contributed by atoms with E-state index in [2.05, 4.69) is 5.32 Å². The van der Waals surface area contributed by atoms with Gasteiger partial charge in [0.2, 0.25) is 15.7 Å². The molecule has 0 unspecified atom stereocenters. The number of hydrogen-bond donors (Lipinski definition) is 1. The van der Waals surface area contributed by atoms with Crippen LogP contribution in [0.25, 0.3) is 0 Å². The minimum absolute atomic E-state index is 0.0333. The number of aromatic nitrogens is 1. The molecule has 6 nitrogen and oxygen atoms in total. The summed E-state index contributed by atoms with van der Waals surface area (Å²) in [6.07, 6.45) is 0. The topological polar surface area (TPSA) is 85.2 Å². The van der Waals surface area contributed by atoms with E-state index in [-0.39, 0.29) is 22.9 Å². The Bertz CT molecular complexity index is 1250. The van der Waals surface area contributed by atoms with Gasteiger partial charge in [-0.1, -0.05) is 41.9 Å². The van der Waals surface area contributed by atoms with Gasteiger partial charge in [-0.15, -0.1) is 0 Å². The molecule has 1 aromatic heterocycles. The lowest BCUT2D eigenvalue weighted by atomic mass is 10.2. The molecule has 8 heteroatoms. The molecule has 2 aromatic carbocycles. The lowest BCUT2D eigenvalue weighted by Gasteiger charge is -2.15. The van der Waals surface area contributed by atoms with Crippen LogP contribution in [0.4, 0.5) is 0 Å². The summed E-state index contributed by atoms with van der Waals surface area (Å²) in [5, 5.41) is 3.29. The van der Waals surface area contributed by atoms with E-state index in [1.807, 2.05) is 6.07 Å². The van der Waals surface area contributed by atoms with Gasteiger partial charge in [-0.2, -0.15) is 0 Å². The Morgan fingerprint density at radius 2 is 1.73 bits per heavy atom. The molecular formula is C22H21ClN2O4S. The van der Waals surface area contributed by atoms with Crippen LogP contribution in [0, 0.1) is 13.8 Å². The van der Waals surface area contributed by atoms with Crippen molar-refractivity contribution in [2.45, 2.75) is 36.7 Å². The van der Waals surface area contributed by atoms with Crippen molar-refractivity contribution in [3.63, 3.8) is 0 Å². The van der Waals surface area contributed by atoms with Crippen LogP contribution >= 0.6 is 11.6 Å². The molecule has 0 radical (unpaired) electrons. The van der Waals surface area contributed by atoms with Crippen LogP contribution in [0.15, 0.2) is 75.2 Å². The molecule has 0 aliphatic rings. The number of aryl methyl sites for hydroxylation is 2. The molecule has 1 N–H and O–H groups in total. The fourth-order valence-electron chi connectivity index (χ4n) is 3.20. The highest BCUT2D eigenvalue weighted by atomic mass is 35.5. The zero-order valence-corrected chi connectivity index (χ0v) is 18.1. The summed E-state index contributed by atoms with van der Waals surface area (Å²) in [5.74, 6) is -0.410. The number of nitrogens with zero attached hydrogens (tertiary/aromatic N) is 1. The molecule has 0 saturated heterocycles. The Morgan fingerprint density at radius 1 is 1.03 bits per heavy atom.